The van der Waals surface area contributed by atoms with Crippen molar-refractivity contribution in [3.8, 4) is 0 Å². The number of alkyl carbamates (subject to hydrolysis) is 1. The maximum absolute atomic E-state index is 14.3. The average Bonchev–Trinajstić information content (AvgIpc) is 3.31. The van der Waals surface area contributed by atoms with Crippen molar-refractivity contribution in [3.63, 3.8) is 0 Å². The first-order valence-corrected chi connectivity index (χ1v) is 16.5. The number of carbonyl (C=O) groups is 5. The van der Waals surface area contributed by atoms with Crippen molar-refractivity contribution >= 4 is 30.0 Å². The number of ether oxygens (including phenoxy) is 3. The Morgan fingerprint density at radius 2 is 1.91 bits per heavy atom. The molecule has 5 atom stereocenters. The minimum Gasteiger partial charge on any atom is -0.464 e. The number of esters is 1. The number of nitrogens with one attached hydrogen (secondary N) is 2. The number of carbonyl (C=O) groups excluding carboxylic acids is 5. The third-order valence-corrected chi connectivity index (χ3v) is 9.02. The number of nitrogens with zero attached hydrogens (tertiary/aromatic N) is 2. The van der Waals surface area contributed by atoms with Gasteiger partial charge in [-0.1, -0.05) is 37.1 Å². The van der Waals surface area contributed by atoms with Gasteiger partial charge in [-0.15, -0.1) is 0 Å². The lowest BCUT2D eigenvalue weighted by Crippen LogP contribution is -2.56. The van der Waals surface area contributed by atoms with Gasteiger partial charge < -0.3 is 29.7 Å². The van der Waals surface area contributed by atoms with Crippen molar-refractivity contribution in [2.75, 3.05) is 13.2 Å². The maximum atomic E-state index is 14.3. The van der Waals surface area contributed by atoms with E-state index in [2.05, 4.69) is 10.6 Å². The third-order valence-electron chi connectivity index (χ3n) is 9.02. The number of allylic oxidation sites excluding steroid dienone is 1. The highest BCUT2D eigenvalue weighted by molar-refractivity contribution is 5.96. The van der Waals surface area contributed by atoms with E-state index >= 15 is 0 Å². The maximum Gasteiger partial charge on any atom is 0.410 e. The van der Waals surface area contributed by atoms with Crippen LogP contribution in [0.2, 0.25) is 0 Å². The zero-order valence-electron chi connectivity index (χ0n) is 27.5. The molecular formula is C34H45FN4O8. The van der Waals surface area contributed by atoms with E-state index in [4.69, 9.17) is 14.2 Å². The van der Waals surface area contributed by atoms with Gasteiger partial charge in [0.15, 0.2) is 0 Å². The highest BCUT2D eigenvalue weighted by Crippen LogP contribution is 2.46. The van der Waals surface area contributed by atoms with Crippen LogP contribution >= 0.6 is 0 Å². The minimum atomic E-state index is -1.26. The molecule has 5 rings (SSSR count). The van der Waals surface area contributed by atoms with Crippen LogP contribution in [0.3, 0.4) is 0 Å². The average molecular weight is 657 g/mol. The number of hydrogen-bond acceptors (Lipinski definition) is 8. The van der Waals surface area contributed by atoms with Gasteiger partial charge in [-0.25, -0.2) is 18.8 Å². The molecular weight excluding hydrogens is 611 g/mol. The van der Waals surface area contributed by atoms with Gasteiger partial charge in [-0.3, -0.25) is 14.5 Å². The molecule has 0 aromatic heterocycles. The summed E-state index contributed by atoms with van der Waals surface area (Å²) in [6.45, 7) is 7.09. The standard InChI is InChI=1S/C34H45FN4O8/c1-5-45-30(42)34-17-22(34)13-9-7-6-8-10-15-26(36-31(43)47-33(2,3)4)29(41)39-19-23(16-27(39)28(40)37-34)46-32(44)38-18-21-12-11-14-25(35)24(21)20-38/h9,11-14,22-23,26-27H,5-8,10,15-20H2,1-4H3,(H,36,43)(H,37,40)/b13-9+/t22-,23-,26+,27+,34-/m1/s1. The van der Waals surface area contributed by atoms with E-state index in [9.17, 15) is 28.4 Å². The Labute approximate surface area is 274 Å². The predicted molar refractivity (Wildman–Crippen MR) is 167 cm³/mol. The molecule has 0 spiro atoms. The quantitative estimate of drug-likeness (QED) is 0.280. The van der Waals surface area contributed by atoms with Crippen molar-refractivity contribution in [2.24, 2.45) is 5.92 Å². The van der Waals surface area contributed by atoms with E-state index in [-0.39, 0.29) is 38.6 Å². The second-order valence-electron chi connectivity index (χ2n) is 13.7. The van der Waals surface area contributed by atoms with Crippen LogP contribution in [0.15, 0.2) is 30.4 Å². The molecule has 0 radical (unpaired) electrons. The van der Waals surface area contributed by atoms with Crippen molar-refractivity contribution in [1.82, 2.24) is 20.4 Å². The van der Waals surface area contributed by atoms with E-state index < -0.39 is 65.1 Å². The van der Waals surface area contributed by atoms with Crippen LogP contribution in [0.5, 0.6) is 0 Å². The van der Waals surface area contributed by atoms with Gasteiger partial charge in [0, 0.05) is 24.4 Å². The highest BCUT2D eigenvalue weighted by atomic mass is 19.1. The number of fused-ring (bicyclic) bond motifs is 3. The van der Waals surface area contributed by atoms with Gasteiger partial charge in [0.25, 0.3) is 0 Å². The highest BCUT2D eigenvalue weighted by Gasteiger charge is 2.62. The number of hydrogen-bond donors (Lipinski definition) is 2. The molecule has 13 heteroatoms. The van der Waals surface area contributed by atoms with E-state index in [0.717, 1.165) is 19.3 Å². The summed E-state index contributed by atoms with van der Waals surface area (Å²) >= 11 is 0. The molecule has 12 nitrogen and oxygen atoms in total. The van der Waals surface area contributed by atoms with Crippen molar-refractivity contribution in [2.45, 2.75) is 115 Å². The fourth-order valence-electron chi connectivity index (χ4n) is 6.57. The Morgan fingerprint density at radius 3 is 2.64 bits per heavy atom. The summed E-state index contributed by atoms with van der Waals surface area (Å²) in [5.74, 6) is -2.30. The molecule has 4 amide bonds. The fourth-order valence-corrected chi connectivity index (χ4v) is 6.57. The summed E-state index contributed by atoms with van der Waals surface area (Å²) in [6.07, 6.45) is 5.27. The van der Waals surface area contributed by atoms with E-state index in [0.29, 0.717) is 30.4 Å². The molecule has 3 heterocycles. The fraction of sp³-hybridized carbons (Fsp3) is 0.618. The molecule has 1 aromatic carbocycles. The molecule has 0 unspecified atom stereocenters. The first-order chi connectivity index (χ1) is 22.3. The van der Waals surface area contributed by atoms with Crippen LogP contribution in [-0.4, -0.2) is 82.2 Å². The smallest absolute Gasteiger partial charge is 0.410 e. The molecule has 0 bridgehead atoms. The Hall–Kier alpha value is -4.16. The second-order valence-corrected chi connectivity index (χ2v) is 13.7. The first kappa shape index (κ1) is 34.2. The number of amides is 4. The molecule has 47 heavy (non-hydrogen) atoms. The lowest BCUT2D eigenvalue weighted by molar-refractivity contribution is -0.150. The normalized spacial score (nSPS) is 28.4. The molecule has 1 aliphatic carbocycles. The lowest BCUT2D eigenvalue weighted by atomic mass is 10.0. The van der Waals surface area contributed by atoms with Gasteiger partial charge in [-0.05, 0) is 65.0 Å². The molecule has 256 valence electrons. The van der Waals surface area contributed by atoms with Gasteiger partial charge in [0.1, 0.15) is 35.1 Å². The molecule has 1 saturated heterocycles. The lowest BCUT2D eigenvalue weighted by Gasteiger charge is -2.30. The monoisotopic (exact) mass is 656 g/mol. The SMILES string of the molecule is CCOC(=O)[C@@]12C[C@H]1/C=C/CCCCC[C@H](NC(=O)OC(C)(C)C)C(=O)N1C[C@H](OC(=O)N3Cc4cccc(F)c4C3)C[C@H]1C(=O)N2. The van der Waals surface area contributed by atoms with Gasteiger partial charge in [0.2, 0.25) is 11.8 Å². The van der Waals surface area contributed by atoms with Crippen LogP contribution in [0.4, 0.5) is 14.0 Å². The Morgan fingerprint density at radius 1 is 1.13 bits per heavy atom. The first-order valence-electron chi connectivity index (χ1n) is 16.5. The Balaban J connectivity index is 1.38. The summed E-state index contributed by atoms with van der Waals surface area (Å²) < 4.78 is 30.9. The van der Waals surface area contributed by atoms with Crippen molar-refractivity contribution in [1.29, 1.82) is 0 Å². The molecule has 2 N–H and O–H groups in total. The van der Waals surface area contributed by atoms with Crippen LogP contribution in [0, 0.1) is 11.7 Å². The zero-order valence-corrected chi connectivity index (χ0v) is 27.5. The Bertz CT molecular complexity index is 1430. The zero-order chi connectivity index (χ0) is 33.9. The summed E-state index contributed by atoms with van der Waals surface area (Å²) in [7, 11) is 0. The van der Waals surface area contributed by atoms with E-state index in [1.807, 2.05) is 12.2 Å². The van der Waals surface area contributed by atoms with Gasteiger partial charge in [0.05, 0.1) is 19.7 Å². The minimum absolute atomic E-state index is 0.0307. The van der Waals surface area contributed by atoms with E-state index in [1.165, 1.54) is 15.9 Å². The summed E-state index contributed by atoms with van der Waals surface area (Å²) in [5, 5.41) is 5.58. The number of benzene rings is 1. The van der Waals surface area contributed by atoms with Crippen LogP contribution in [0.1, 0.15) is 83.8 Å². The molecule has 3 aliphatic heterocycles. The summed E-state index contributed by atoms with van der Waals surface area (Å²) in [4.78, 5) is 70.0. The van der Waals surface area contributed by atoms with Crippen LogP contribution < -0.4 is 10.6 Å². The summed E-state index contributed by atoms with van der Waals surface area (Å²) in [5.41, 5.74) is -0.947. The third kappa shape index (κ3) is 7.87. The summed E-state index contributed by atoms with van der Waals surface area (Å²) in [6, 6.07) is 2.57. The number of halogens is 1. The van der Waals surface area contributed by atoms with Gasteiger partial charge in [-0.2, -0.15) is 0 Å². The van der Waals surface area contributed by atoms with Crippen molar-refractivity contribution in [3.05, 3.63) is 47.3 Å². The van der Waals surface area contributed by atoms with E-state index in [1.54, 1.807) is 39.8 Å². The van der Waals surface area contributed by atoms with Crippen LogP contribution in [0.25, 0.3) is 0 Å². The largest absolute Gasteiger partial charge is 0.464 e. The molecule has 2 fully saturated rings. The number of rotatable bonds is 4. The van der Waals surface area contributed by atoms with Crippen molar-refractivity contribution < 1.29 is 42.6 Å². The molecule has 1 saturated carbocycles. The van der Waals surface area contributed by atoms with Crippen LogP contribution in [-0.2, 0) is 41.7 Å². The Kier molecular flexibility index (Phi) is 10.1. The molecule has 1 aromatic rings. The second kappa shape index (κ2) is 13.9. The molecule has 4 aliphatic rings. The van der Waals surface area contributed by atoms with Gasteiger partial charge >= 0.3 is 18.2 Å². The predicted octanol–water partition coefficient (Wildman–Crippen LogP) is 4.10. The topological polar surface area (TPSA) is 144 Å².